The van der Waals surface area contributed by atoms with E-state index in [4.69, 9.17) is 0 Å². The first-order valence-electron chi connectivity index (χ1n) is 6.85. The van der Waals surface area contributed by atoms with Crippen LogP contribution in [0, 0.1) is 11.8 Å². The van der Waals surface area contributed by atoms with E-state index in [0.29, 0.717) is 24.0 Å². The van der Waals surface area contributed by atoms with Crippen LogP contribution in [0.2, 0.25) is 0 Å². The molecule has 0 aromatic rings. The maximum Gasteiger partial charge on any atom is 0.416 e. The molecule has 0 spiro atoms. The summed E-state index contributed by atoms with van der Waals surface area (Å²) in [7, 11) is 0. The lowest BCUT2D eigenvalue weighted by atomic mass is 9.86. The van der Waals surface area contributed by atoms with Crippen LogP contribution >= 0.6 is 0 Å². The minimum absolute atomic E-state index is 0.0720. The predicted molar refractivity (Wildman–Crippen MR) is 68.7 cm³/mol. The molecule has 2 unspecified atom stereocenters. The summed E-state index contributed by atoms with van der Waals surface area (Å²) in [6.07, 6.45) is -3.61. The Morgan fingerprint density at radius 3 is 2.60 bits per heavy atom. The summed E-state index contributed by atoms with van der Waals surface area (Å²) >= 11 is 0. The van der Waals surface area contributed by atoms with Crippen molar-refractivity contribution in [3.63, 3.8) is 0 Å². The maximum atomic E-state index is 15.2. The highest BCUT2D eigenvalue weighted by atomic mass is 19.4. The van der Waals surface area contributed by atoms with E-state index in [2.05, 4.69) is 11.9 Å². The molecule has 0 aromatic carbocycles. The molecular weight excluding hydrogens is 270 g/mol. The molecule has 0 saturated heterocycles. The van der Waals surface area contributed by atoms with Gasteiger partial charge in [0.25, 0.3) is 0 Å². The van der Waals surface area contributed by atoms with Crippen LogP contribution in [0.5, 0.6) is 0 Å². The molecule has 1 N–H and O–H groups in total. The fourth-order valence-electron chi connectivity index (χ4n) is 3.71. The number of rotatable bonds is 2. The number of allylic oxidation sites excluding steroid dienone is 3. The van der Waals surface area contributed by atoms with Gasteiger partial charge in [-0.15, -0.1) is 0 Å². The van der Waals surface area contributed by atoms with Gasteiger partial charge < -0.3 is 5.32 Å². The van der Waals surface area contributed by atoms with Gasteiger partial charge in [-0.1, -0.05) is 13.5 Å². The van der Waals surface area contributed by atoms with Crippen LogP contribution in [0.15, 0.2) is 34.6 Å². The van der Waals surface area contributed by atoms with Gasteiger partial charge in [-0.3, -0.25) is 0 Å². The third kappa shape index (κ3) is 1.55. The molecule has 3 rings (SSSR count). The molecule has 2 aliphatic carbocycles. The van der Waals surface area contributed by atoms with Crippen molar-refractivity contribution < 1.29 is 17.6 Å². The first-order chi connectivity index (χ1) is 9.22. The fourth-order valence-corrected chi connectivity index (χ4v) is 3.71. The molecule has 3 aliphatic rings. The van der Waals surface area contributed by atoms with Crippen LogP contribution in [-0.4, -0.2) is 18.4 Å². The Bertz CT molecular complexity index is 555. The minimum Gasteiger partial charge on any atom is -0.381 e. The summed E-state index contributed by atoms with van der Waals surface area (Å²) in [5.41, 5.74) is -1.48. The average molecular weight is 287 g/mol. The van der Waals surface area contributed by atoms with Gasteiger partial charge >= 0.3 is 6.18 Å². The Kier molecular flexibility index (Phi) is 2.67. The minimum atomic E-state index is -4.42. The molecule has 0 aromatic heterocycles. The van der Waals surface area contributed by atoms with Crippen LogP contribution in [0.3, 0.4) is 0 Å². The zero-order valence-electron chi connectivity index (χ0n) is 11.5. The summed E-state index contributed by atoms with van der Waals surface area (Å²) in [4.78, 5) is 0. The van der Waals surface area contributed by atoms with Crippen LogP contribution in [-0.2, 0) is 0 Å². The van der Waals surface area contributed by atoms with Crippen LogP contribution in [0.1, 0.15) is 26.7 Å². The van der Waals surface area contributed by atoms with E-state index < -0.39 is 17.4 Å². The average Bonchev–Trinajstić information content (AvgIpc) is 3.10. The second-order valence-electron chi connectivity index (χ2n) is 5.91. The maximum absolute atomic E-state index is 15.2. The molecule has 0 amide bonds. The van der Waals surface area contributed by atoms with Gasteiger partial charge in [-0.25, -0.2) is 4.39 Å². The van der Waals surface area contributed by atoms with Gasteiger partial charge in [-0.05, 0) is 42.4 Å². The number of nitrogens with one attached hydrogen (secondary N) is 1. The second-order valence-corrected chi connectivity index (χ2v) is 5.91. The molecule has 1 aliphatic heterocycles. The largest absolute Gasteiger partial charge is 0.416 e. The lowest BCUT2D eigenvalue weighted by molar-refractivity contribution is -0.0911. The Morgan fingerprint density at radius 2 is 2.10 bits per heavy atom. The lowest BCUT2D eigenvalue weighted by Gasteiger charge is -2.33. The zero-order valence-corrected chi connectivity index (χ0v) is 11.5. The zero-order chi connectivity index (χ0) is 14.9. The third-order valence-electron chi connectivity index (χ3n) is 4.74. The Morgan fingerprint density at radius 1 is 1.45 bits per heavy atom. The Hall–Kier alpha value is -1.26. The van der Waals surface area contributed by atoms with Gasteiger partial charge in [0.05, 0.1) is 11.3 Å². The van der Waals surface area contributed by atoms with E-state index in [1.807, 2.05) is 0 Å². The molecule has 1 fully saturated rings. The van der Waals surface area contributed by atoms with Crippen molar-refractivity contribution >= 4 is 0 Å². The normalized spacial score (nSPS) is 35.7. The van der Waals surface area contributed by atoms with Gasteiger partial charge in [0.15, 0.2) is 5.67 Å². The molecule has 5 heteroatoms. The van der Waals surface area contributed by atoms with Crippen LogP contribution < -0.4 is 5.32 Å². The number of hydrogen-bond acceptors (Lipinski definition) is 1. The number of halogens is 4. The molecule has 20 heavy (non-hydrogen) atoms. The van der Waals surface area contributed by atoms with E-state index in [0.717, 1.165) is 0 Å². The van der Waals surface area contributed by atoms with E-state index >= 15 is 4.39 Å². The van der Waals surface area contributed by atoms with Gasteiger partial charge in [-0.2, -0.15) is 13.2 Å². The van der Waals surface area contributed by atoms with E-state index in [1.165, 1.54) is 0 Å². The van der Waals surface area contributed by atoms with Crippen molar-refractivity contribution in [3.05, 3.63) is 34.6 Å². The van der Waals surface area contributed by atoms with E-state index in [-0.39, 0.29) is 29.7 Å². The highest BCUT2D eigenvalue weighted by molar-refractivity contribution is 5.59. The molecular formula is C15H17F4N. The number of dihydropyridines is 1. The topological polar surface area (TPSA) is 12.0 Å². The van der Waals surface area contributed by atoms with Crippen molar-refractivity contribution in [2.45, 2.75) is 38.5 Å². The van der Waals surface area contributed by atoms with Gasteiger partial charge in [0.1, 0.15) is 0 Å². The summed E-state index contributed by atoms with van der Waals surface area (Å²) < 4.78 is 55.4. The first-order valence-corrected chi connectivity index (χ1v) is 6.85. The Labute approximate surface area is 115 Å². The molecule has 0 radical (unpaired) electrons. The fraction of sp³-hybridized carbons (Fsp3) is 0.600. The van der Waals surface area contributed by atoms with Crippen molar-refractivity contribution in [1.82, 2.24) is 5.32 Å². The van der Waals surface area contributed by atoms with Gasteiger partial charge in [0.2, 0.25) is 0 Å². The SMILES string of the molecule is C=C(C)C1(F)C2=C(C(C(F)(F)F)=C(CC)CN2)[C@H]2CC21. The molecule has 1 saturated carbocycles. The molecule has 1 nitrogen and oxygen atoms in total. The molecule has 0 bridgehead atoms. The number of hydrogen-bond donors (Lipinski definition) is 1. The van der Waals surface area contributed by atoms with Gasteiger partial charge in [0, 0.05) is 12.5 Å². The lowest BCUT2D eigenvalue weighted by Crippen LogP contribution is -2.39. The molecule has 110 valence electrons. The van der Waals surface area contributed by atoms with Crippen molar-refractivity contribution in [3.8, 4) is 0 Å². The van der Waals surface area contributed by atoms with Crippen LogP contribution in [0.4, 0.5) is 17.6 Å². The monoisotopic (exact) mass is 287 g/mol. The number of fused-ring (bicyclic) bond motifs is 2. The Balaban J connectivity index is 2.19. The van der Waals surface area contributed by atoms with Crippen LogP contribution in [0.25, 0.3) is 0 Å². The summed E-state index contributed by atoms with van der Waals surface area (Å²) in [6, 6.07) is 0. The predicted octanol–water partition coefficient (Wildman–Crippen LogP) is 4.05. The quantitative estimate of drug-likeness (QED) is 0.597. The molecule has 1 heterocycles. The molecule has 3 atom stereocenters. The summed E-state index contributed by atoms with van der Waals surface area (Å²) in [5.74, 6) is -0.677. The second kappa shape index (κ2) is 3.89. The van der Waals surface area contributed by atoms with Crippen molar-refractivity contribution in [2.75, 3.05) is 6.54 Å². The smallest absolute Gasteiger partial charge is 0.381 e. The van der Waals surface area contributed by atoms with Crippen molar-refractivity contribution in [1.29, 1.82) is 0 Å². The first kappa shape index (κ1) is 13.7. The summed E-state index contributed by atoms with van der Waals surface area (Å²) in [6.45, 7) is 6.99. The van der Waals surface area contributed by atoms with Crippen molar-refractivity contribution in [2.24, 2.45) is 11.8 Å². The number of alkyl halides is 4. The third-order valence-corrected chi connectivity index (χ3v) is 4.74. The highest BCUT2D eigenvalue weighted by Crippen LogP contribution is 2.67. The van der Waals surface area contributed by atoms with E-state index in [1.54, 1.807) is 13.8 Å². The van der Waals surface area contributed by atoms with E-state index in [9.17, 15) is 13.2 Å². The standard InChI is InChI=1S/C15H17F4N/c1-4-8-6-20-13-11(12(8)15(17,18)19)9-5-10(9)14(13,16)7(2)3/h9-10,20H,2,4-6H2,1,3H3/t9-,10?,14?/m0/s1. The highest BCUT2D eigenvalue weighted by Gasteiger charge is 2.67. The summed E-state index contributed by atoms with van der Waals surface area (Å²) in [5, 5.41) is 2.90.